The third kappa shape index (κ3) is 3.53. The van der Waals surface area contributed by atoms with Crippen molar-refractivity contribution in [3.05, 3.63) is 0 Å². The maximum atomic E-state index is 12.5. The van der Waals surface area contributed by atoms with Crippen LogP contribution in [0.4, 0.5) is 0 Å². The van der Waals surface area contributed by atoms with Gasteiger partial charge in [0, 0.05) is 19.6 Å². The normalized spacial score (nSPS) is 23.9. The van der Waals surface area contributed by atoms with E-state index in [0.717, 1.165) is 57.8 Å². The zero-order chi connectivity index (χ0) is 14.8. The molecule has 0 radical (unpaired) electrons. The van der Waals surface area contributed by atoms with Crippen molar-refractivity contribution in [2.24, 2.45) is 17.6 Å². The first-order valence-corrected chi connectivity index (χ1v) is 8.29. The molecule has 4 heteroatoms. The molecule has 4 nitrogen and oxygen atoms in total. The van der Waals surface area contributed by atoms with Gasteiger partial charge < -0.3 is 15.5 Å². The monoisotopic (exact) mass is 281 g/mol. The summed E-state index contributed by atoms with van der Waals surface area (Å²) in [7, 11) is 0. The van der Waals surface area contributed by atoms with Gasteiger partial charge >= 0.3 is 0 Å². The Morgan fingerprint density at radius 2 is 1.75 bits per heavy atom. The minimum atomic E-state index is -0.619. The first-order chi connectivity index (χ1) is 9.48. The number of carbonyl (C=O) groups excluding carboxylic acids is 1. The van der Waals surface area contributed by atoms with Gasteiger partial charge in [-0.25, -0.2) is 0 Å². The van der Waals surface area contributed by atoms with E-state index < -0.39 is 5.54 Å². The minimum Gasteiger partial charge on any atom is -0.341 e. The molecule has 2 rings (SSSR count). The maximum Gasteiger partial charge on any atom is 0.242 e. The highest BCUT2D eigenvalue weighted by Crippen LogP contribution is 2.39. The number of nitrogens with zero attached hydrogens (tertiary/aromatic N) is 2. The zero-order valence-electron chi connectivity index (χ0n) is 13.4. The van der Waals surface area contributed by atoms with Gasteiger partial charge in [0.25, 0.3) is 0 Å². The van der Waals surface area contributed by atoms with Gasteiger partial charge in [0.2, 0.25) is 5.91 Å². The molecule has 2 N–H and O–H groups in total. The van der Waals surface area contributed by atoms with Gasteiger partial charge in [-0.3, -0.25) is 4.79 Å². The van der Waals surface area contributed by atoms with E-state index in [1.54, 1.807) is 0 Å². The Morgan fingerprint density at radius 3 is 2.20 bits per heavy atom. The van der Waals surface area contributed by atoms with E-state index in [0.29, 0.717) is 5.92 Å². The van der Waals surface area contributed by atoms with Crippen LogP contribution < -0.4 is 5.73 Å². The Labute approximate surface area is 123 Å². The first kappa shape index (κ1) is 15.8. The topological polar surface area (TPSA) is 49.6 Å². The molecule has 0 aromatic carbocycles. The van der Waals surface area contributed by atoms with Gasteiger partial charge in [0.05, 0.1) is 5.54 Å². The molecule has 0 spiro atoms. The zero-order valence-corrected chi connectivity index (χ0v) is 13.4. The largest absolute Gasteiger partial charge is 0.341 e. The number of hydrogen-bond acceptors (Lipinski definition) is 3. The molecule has 1 saturated heterocycles. The predicted octanol–water partition coefficient (Wildman–Crippen LogP) is 1.69. The van der Waals surface area contributed by atoms with Crippen LogP contribution in [0.1, 0.15) is 46.5 Å². The number of likely N-dealkylation sites (tertiary alicyclic amines) is 1. The van der Waals surface area contributed by atoms with E-state index >= 15 is 0 Å². The number of amides is 1. The van der Waals surface area contributed by atoms with Gasteiger partial charge in [-0.2, -0.15) is 0 Å². The predicted molar refractivity (Wildman–Crippen MR) is 82.4 cm³/mol. The Balaban J connectivity index is 1.80. The fraction of sp³-hybridized carbons (Fsp3) is 0.938. The average Bonchev–Trinajstić information content (AvgIpc) is 3.29. The summed E-state index contributed by atoms with van der Waals surface area (Å²) in [4.78, 5) is 17.0. The number of hydrogen-bond donors (Lipinski definition) is 1. The molecule has 20 heavy (non-hydrogen) atoms. The highest BCUT2D eigenvalue weighted by Gasteiger charge is 2.46. The van der Waals surface area contributed by atoms with Crippen LogP contribution in [0.2, 0.25) is 0 Å². The highest BCUT2D eigenvalue weighted by molar-refractivity contribution is 5.86. The van der Waals surface area contributed by atoms with Gasteiger partial charge in [0.15, 0.2) is 0 Å². The van der Waals surface area contributed by atoms with Crippen LogP contribution in [0.5, 0.6) is 0 Å². The van der Waals surface area contributed by atoms with E-state index in [4.69, 9.17) is 5.73 Å². The molecular formula is C16H31N3O. The molecule has 0 aromatic heterocycles. The summed E-state index contributed by atoms with van der Waals surface area (Å²) in [5.41, 5.74) is 5.64. The number of rotatable bonds is 6. The molecule has 1 saturated carbocycles. The molecular weight excluding hydrogens is 250 g/mol. The van der Waals surface area contributed by atoms with Gasteiger partial charge in [-0.15, -0.1) is 0 Å². The van der Waals surface area contributed by atoms with Crippen molar-refractivity contribution >= 4 is 5.91 Å². The Bertz CT molecular complexity index is 327. The van der Waals surface area contributed by atoms with Crippen LogP contribution in [0.15, 0.2) is 0 Å². The van der Waals surface area contributed by atoms with Crippen molar-refractivity contribution in [1.29, 1.82) is 0 Å². The summed E-state index contributed by atoms with van der Waals surface area (Å²) in [6, 6.07) is 0. The fourth-order valence-electron chi connectivity index (χ4n) is 3.36. The molecule has 1 atom stereocenters. The highest BCUT2D eigenvalue weighted by atomic mass is 16.2. The van der Waals surface area contributed by atoms with Crippen molar-refractivity contribution in [1.82, 2.24) is 9.80 Å². The van der Waals surface area contributed by atoms with E-state index in [9.17, 15) is 4.79 Å². The summed E-state index contributed by atoms with van der Waals surface area (Å²) in [6.07, 6.45) is 4.50. The van der Waals surface area contributed by atoms with Crippen LogP contribution >= 0.6 is 0 Å². The van der Waals surface area contributed by atoms with Gasteiger partial charge in [0.1, 0.15) is 0 Å². The van der Waals surface area contributed by atoms with E-state index in [-0.39, 0.29) is 5.91 Å². The van der Waals surface area contributed by atoms with Crippen LogP contribution in [-0.4, -0.2) is 54.0 Å². The third-order valence-electron chi connectivity index (χ3n) is 5.20. The second kappa shape index (κ2) is 6.44. The van der Waals surface area contributed by atoms with Crippen LogP contribution in [0.25, 0.3) is 0 Å². The maximum absolute atomic E-state index is 12.5. The molecule has 1 amide bonds. The molecule has 2 fully saturated rings. The molecule has 1 aliphatic carbocycles. The second-order valence-corrected chi connectivity index (χ2v) is 6.78. The number of nitrogens with two attached hydrogens (primary N) is 1. The van der Waals surface area contributed by atoms with Crippen molar-refractivity contribution in [3.8, 4) is 0 Å². The van der Waals surface area contributed by atoms with E-state index in [1.807, 2.05) is 11.8 Å². The first-order valence-electron chi connectivity index (χ1n) is 8.29. The lowest BCUT2D eigenvalue weighted by atomic mass is 9.91. The second-order valence-electron chi connectivity index (χ2n) is 6.78. The molecule has 0 bridgehead atoms. The van der Waals surface area contributed by atoms with Crippen LogP contribution in [-0.2, 0) is 4.79 Å². The van der Waals surface area contributed by atoms with Gasteiger partial charge in [-0.1, -0.05) is 13.8 Å². The molecule has 1 unspecified atom stereocenters. The lowest BCUT2D eigenvalue weighted by molar-refractivity contribution is -0.138. The Morgan fingerprint density at radius 1 is 1.20 bits per heavy atom. The summed E-state index contributed by atoms with van der Waals surface area (Å²) in [5.74, 6) is 1.34. The number of carbonyl (C=O) groups is 1. The van der Waals surface area contributed by atoms with Crippen molar-refractivity contribution < 1.29 is 4.79 Å². The Kier molecular flexibility index (Phi) is 5.08. The van der Waals surface area contributed by atoms with Crippen molar-refractivity contribution in [3.63, 3.8) is 0 Å². The summed E-state index contributed by atoms with van der Waals surface area (Å²) in [6.45, 7) is 11.6. The fourth-order valence-corrected chi connectivity index (χ4v) is 3.36. The Hall–Kier alpha value is -0.610. The van der Waals surface area contributed by atoms with Crippen molar-refractivity contribution in [2.45, 2.75) is 52.0 Å². The summed E-state index contributed by atoms with van der Waals surface area (Å²) < 4.78 is 0. The molecule has 1 aliphatic heterocycles. The third-order valence-corrected chi connectivity index (χ3v) is 5.20. The standard InChI is InChI=1S/C16H31N3O/c1-4-18(5-2)12-13-8-10-19(11-9-13)15(20)16(3,17)14-6-7-14/h13-14H,4-12,17H2,1-3H3. The van der Waals surface area contributed by atoms with Crippen LogP contribution in [0, 0.1) is 11.8 Å². The molecule has 116 valence electrons. The SMILES string of the molecule is CCN(CC)CC1CCN(C(=O)C(C)(N)C2CC2)CC1. The molecule has 2 aliphatic rings. The summed E-state index contributed by atoms with van der Waals surface area (Å²) in [5, 5.41) is 0. The average molecular weight is 281 g/mol. The summed E-state index contributed by atoms with van der Waals surface area (Å²) >= 11 is 0. The van der Waals surface area contributed by atoms with Crippen molar-refractivity contribution in [2.75, 3.05) is 32.7 Å². The molecule has 1 heterocycles. The lowest BCUT2D eigenvalue weighted by Gasteiger charge is -2.38. The number of piperidine rings is 1. The van der Waals surface area contributed by atoms with E-state index in [1.165, 1.54) is 6.54 Å². The molecule has 0 aromatic rings. The quantitative estimate of drug-likeness (QED) is 0.806. The van der Waals surface area contributed by atoms with E-state index in [2.05, 4.69) is 18.7 Å². The smallest absolute Gasteiger partial charge is 0.242 e. The lowest BCUT2D eigenvalue weighted by Crippen LogP contribution is -2.56. The minimum absolute atomic E-state index is 0.182. The van der Waals surface area contributed by atoms with Gasteiger partial charge in [-0.05, 0) is 57.5 Å². The van der Waals surface area contributed by atoms with Crippen LogP contribution in [0.3, 0.4) is 0 Å².